The Balaban J connectivity index is 1.43. The lowest BCUT2D eigenvalue weighted by molar-refractivity contribution is 0.229. The van der Waals surface area contributed by atoms with Crippen LogP contribution >= 0.6 is 0 Å². The van der Waals surface area contributed by atoms with E-state index in [2.05, 4.69) is 31.0 Å². The first-order chi connectivity index (χ1) is 10.8. The van der Waals surface area contributed by atoms with E-state index in [1.54, 1.807) is 0 Å². The third kappa shape index (κ3) is 2.36. The fourth-order valence-electron chi connectivity index (χ4n) is 3.57. The number of H-pyrrole nitrogens is 2. The molecule has 2 heterocycles. The summed E-state index contributed by atoms with van der Waals surface area (Å²) in [6.07, 6.45) is 9.83. The second kappa shape index (κ2) is 5.47. The van der Waals surface area contributed by atoms with Gasteiger partial charge in [0.25, 0.3) is 0 Å². The van der Waals surface area contributed by atoms with Crippen molar-refractivity contribution in [2.24, 2.45) is 0 Å². The highest BCUT2D eigenvalue weighted by Gasteiger charge is 2.27. The molecule has 7 nitrogen and oxygen atoms in total. The molecular formula is C15H20N6O. The molecule has 4 N–H and O–H groups in total. The zero-order valence-corrected chi connectivity index (χ0v) is 12.4. The number of urea groups is 1. The Kier molecular flexibility index (Phi) is 3.32. The molecule has 0 aromatic carbocycles. The number of fused-ring (bicyclic) bond motifs is 2. The number of hydrogen-bond donors (Lipinski definition) is 4. The van der Waals surface area contributed by atoms with Crippen LogP contribution in [-0.4, -0.2) is 26.4 Å². The van der Waals surface area contributed by atoms with Crippen LogP contribution in [0.3, 0.4) is 0 Å². The zero-order chi connectivity index (χ0) is 14.9. The van der Waals surface area contributed by atoms with E-state index >= 15 is 0 Å². The molecule has 0 aliphatic heterocycles. The number of aromatic nitrogens is 4. The van der Waals surface area contributed by atoms with Gasteiger partial charge in [-0.3, -0.25) is 10.2 Å². The number of carbonyl (C=O) groups is 1. The van der Waals surface area contributed by atoms with Crippen molar-refractivity contribution in [1.29, 1.82) is 0 Å². The summed E-state index contributed by atoms with van der Waals surface area (Å²) in [7, 11) is 0. The summed E-state index contributed by atoms with van der Waals surface area (Å²) in [5, 5.41) is 20.4. The summed E-state index contributed by atoms with van der Waals surface area (Å²) in [4.78, 5) is 12.4. The molecule has 0 saturated heterocycles. The molecule has 0 radical (unpaired) electrons. The average Bonchev–Trinajstić information content (AvgIpc) is 3.16. The molecule has 2 aromatic rings. The number of carbonyl (C=O) groups excluding carboxylic acids is 1. The first-order valence-corrected chi connectivity index (χ1v) is 7.92. The van der Waals surface area contributed by atoms with Crippen molar-refractivity contribution >= 4 is 6.03 Å². The van der Waals surface area contributed by atoms with E-state index < -0.39 is 0 Å². The molecule has 4 rings (SSSR count). The largest absolute Gasteiger partial charge is 0.330 e. The maximum Gasteiger partial charge on any atom is 0.315 e. The monoisotopic (exact) mass is 300 g/mol. The number of nitrogens with zero attached hydrogens (tertiary/aromatic N) is 2. The van der Waals surface area contributed by atoms with Crippen molar-refractivity contribution in [3.8, 4) is 0 Å². The molecule has 0 fully saturated rings. The predicted molar refractivity (Wildman–Crippen MR) is 80.2 cm³/mol. The number of aromatic amines is 2. The van der Waals surface area contributed by atoms with Crippen molar-refractivity contribution in [3.05, 3.63) is 34.9 Å². The van der Waals surface area contributed by atoms with Crippen LogP contribution < -0.4 is 10.6 Å². The van der Waals surface area contributed by atoms with Crippen molar-refractivity contribution in [3.63, 3.8) is 0 Å². The summed E-state index contributed by atoms with van der Waals surface area (Å²) in [6.45, 7) is 0. The highest BCUT2D eigenvalue weighted by Crippen LogP contribution is 2.29. The van der Waals surface area contributed by atoms with Crippen LogP contribution in [0.15, 0.2) is 12.4 Å². The first-order valence-electron chi connectivity index (χ1n) is 7.92. The van der Waals surface area contributed by atoms with Gasteiger partial charge in [0.1, 0.15) is 0 Å². The van der Waals surface area contributed by atoms with Gasteiger partial charge in [0.15, 0.2) is 0 Å². The number of aryl methyl sites for hydroxylation is 2. The molecule has 2 unspecified atom stereocenters. The Hall–Kier alpha value is -2.31. The predicted octanol–water partition coefficient (Wildman–Crippen LogP) is 1.89. The second-order valence-corrected chi connectivity index (χ2v) is 6.13. The van der Waals surface area contributed by atoms with E-state index in [1.165, 1.54) is 11.1 Å². The summed E-state index contributed by atoms with van der Waals surface area (Å²) < 4.78 is 0. The minimum Gasteiger partial charge on any atom is -0.330 e. The lowest BCUT2D eigenvalue weighted by Gasteiger charge is -2.26. The second-order valence-electron chi connectivity index (χ2n) is 6.13. The number of nitrogens with one attached hydrogen (secondary N) is 4. The van der Waals surface area contributed by atoms with Crippen molar-refractivity contribution in [2.45, 2.75) is 50.6 Å². The normalized spacial score (nSPS) is 23.5. The Bertz CT molecular complexity index is 619. The molecular weight excluding hydrogens is 280 g/mol. The molecule has 22 heavy (non-hydrogen) atoms. The number of amides is 2. The van der Waals surface area contributed by atoms with Crippen LogP contribution in [0, 0.1) is 0 Å². The van der Waals surface area contributed by atoms with Gasteiger partial charge >= 0.3 is 6.03 Å². The summed E-state index contributed by atoms with van der Waals surface area (Å²) in [6, 6.07) is -0.0768. The number of hydrogen-bond acceptors (Lipinski definition) is 3. The van der Waals surface area contributed by atoms with Gasteiger partial charge in [-0.1, -0.05) is 0 Å². The van der Waals surface area contributed by atoms with Crippen molar-refractivity contribution in [2.75, 3.05) is 0 Å². The van der Waals surface area contributed by atoms with E-state index in [0.29, 0.717) is 0 Å². The molecule has 7 heteroatoms. The maximum absolute atomic E-state index is 12.4. The quantitative estimate of drug-likeness (QED) is 0.681. The van der Waals surface area contributed by atoms with Crippen LogP contribution in [-0.2, 0) is 12.8 Å². The fraction of sp³-hybridized carbons (Fsp3) is 0.533. The SMILES string of the molecule is O=C(NC1CCCc2cn[nH]c21)NC1CCCc2cn[nH]c21. The van der Waals surface area contributed by atoms with E-state index in [4.69, 9.17) is 0 Å². The average molecular weight is 300 g/mol. The Labute approximate surface area is 128 Å². The van der Waals surface area contributed by atoms with Gasteiger partial charge in [0, 0.05) is 0 Å². The van der Waals surface area contributed by atoms with Crippen LogP contribution in [0.4, 0.5) is 4.79 Å². The molecule has 2 aromatic heterocycles. The van der Waals surface area contributed by atoms with Crippen LogP contribution in [0.25, 0.3) is 0 Å². The highest BCUT2D eigenvalue weighted by atomic mass is 16.2. The van der Waals surface area contributed by atoms with Crippen molar-refractivity contribution in [1.82, 2.24) is 31.0 Å². The van der Waals surface area contributed by atoms with Gasteiger partial charge in [-0.2, -0.15) is 10.2 Å². The molecule has 0 saturated carbocycles. The maximum atomic E-state index is 12.4. The molecule has 2 atom stereocenters. The first kappa shape index (κ1) is 13.4. The number of rotatable bonds is 2. The van der Waals surface area contributed by atoms with Gasteiger partial charge in [0.05, 0.1) is 35.9 Å². The van der Waals surface area contributed by atoms with Gasteiger partial charge < -0.3 is 10.6 Å². The van der Waals surface area contributed by atoms with Gasteiger partial charge in [-0.25, -0.2) is 4.79 Å². The Morgan fingerprint density at radius 3 is 1.95 bits per heavy atom. The Morgan fingerprint density at radius 1 is 0.955 bits per heavy atom. The summed E-state index contributed by atoms with van der Waals surface area (Å²) in [5.41, 5.74) is 4.52. The minimum atomic E-state index is -0.125. The topological polar surface area (TPSA) is 98.5 Å². The zero-order valence-electron chi connectivity index (χ0n) is 12.4. The standard InChI is InChI=1S/C15H20N6O/c22-15(18-11-5-1-3-9-7-16-20-13(9)11)19-12-6-2-4-10-8-17-21-14(10)12/h7-8,11-12H,1-6H2,(H,16,20)(H,17,21)(H2,18,19,22). The third-order valence-electron chi connectivity index (χ3n) is 4.69. The molecule has 0 spiro atoms. The van der Waals surface area contributed by atoms with Crippen molar-refractivity contribution < 1.29 is 4.79 Å². The van der Waals surface area contributed by atoms with E-state index in [0.717, 1.165) is 49.9 Å². The van der Waals surface area contributed by atoms with E-state index in [9.17, 15) is 4.79 Å². The fourth-order valence-corrected chi connectivity index (χ4v) is 3.57. The Morgan fingerprint density at radius 2 is 1.45 bits per heavy atom. The van der Waals surface area contributed by atoms with Gasteiger partial charge in [0.2, 0.25) is 0 Å². The third-order valence-corrected chi connectivity index (χ3v) is 4.69. The molecule has 0 bridgehead atoms. The molecule has 2 amide bonds. The minimum absolute atomic E-state index is 0.0241. The molecule has 2 aliphatic rings. The summed E-state index contributed by atoms with van der Waals surface area (Å²) in [5.74, 6) is 0. The highest BCUT2D eigenvalue weighted by molar-refractivity contribution is 5.75. The van der Waals surface area contributed by atoms with Crippen LogP contribution in [0.1, 0.15) is 60.3 Å². The van der Waals surface area contributed by atoms with Gasteiger partial charge in [-0.05, 0) is 49.7 Å². The van der Waals surface area contributed by atoms with Crippen LogP contribution in [0.2, 0.25) is 0 Å². The summed E-state index contributed by atoms with van der Waals surface area (Å²) >= 11 is 0. The molecule has 2 aliphatic carbocycles. The lowest BCUT2D eigenvalue weighted by atomic mass is 9.93. The van der Waals surface area contributed by atoms with E-state index in [1.807, 2.05) is 12.4 Å². The molecule has 116 valence electrons. The van der Waals surface area contributed by atoms with E-state index in [-0.39, 0.29) is 18.1 Å². The smallest absolute Gasteiger partial charge is 0.315 e. The lowest BCUT2D eigenvalue weighted by Crippen LogP contribution is -2.41. The van der Waals surface area contributed by atoms with Gasteiger partial charge in [-0.15, -0.1) is 0 Å². The van der Waals surface area contributed by atoms with Crippen LogP contribution in [0.5, 0.6) is 0 Å².